The molecule has 0 spiro atoms. The zero-order valence-electron chi connectivity index (χ0n) is 12.1. The Kier molecular flexibility index (Phi) is 5.16. The van der Waals surface area contributed by atoms with Crippen molar-refractivity contribution in [2.75, 3.05) is 0 Å². The molecule has 3 rings (SSSR count). The van der Waals surface area contributed by atoms with Gasteiger partial charge in [0, 0.05) is 5.56 Å². The number of benzene rings is 2. The number of alkyl halides is 3. The summed E-state index contributed by atoms with van der Waals surface area (Å²) >= 11 is 0. The molecule has 0 saturated carbocycles. The minimum Gasteiger partial charge on any atom is -0.444 e. The van der Waals surface area contributed by atoms with Crippen molar-refractivity contribution < 1.29 is 22.0 Å². The van der Waals surface area contributed by atoms with Gasteiger partial charge in [0.05, 0.1) is 11.8 Å². The van der Waals surface area contributed by atoms with Crippen molar-refractivity contribution in [3.63, 3.8) is 0 Å². The highest BCUT2D eigenvalue weighted by Crippen LogP contribution is 2.33. The summed E-state index contributed by atoms with van der Waals surface area (Å²) in [5.74, 6) is -1.12. The van der Waals surface area contributed by atoms with Crippen LogP contribution in [0.25, 0.3) is 11.3 Å². The molecule has 1 aromatic heterocycles. The number of hydrogen-bond acceptors (Lipinski definition) is 2. The summed E-state index contributed by atoms with van der Waals surface area (Å²) in [7, 11) is 0. The van der Waals surface area contributed by atoms with Crippen molar-refractivity contribution in [1.29, 1.82) is 0 Å². The van der Waals surface area contributed by atoms with Crippen LogP contribution in [0.1, 0.15) is 11.1 Å². The van der Waals surface area contributed by atoms with Crippen molar-refractivity contribution in [3.05, 3.63) is 78.1 Å². The Balaban J connectivity index is 0.000000229. The van der Waals surface area contributed by atoms with Gasteiger partial charge in [-0.05, 0) is 19.1 Å². The second kappa shape index (κ2) is 7.09. The molecule has 23 heavy (non-hydrogen) atoms. The normalized spacial score (nSPS) is 10.8. The van der Waals surface area contributed by atoms with Crippen LogP contribution in [-0.2, 0) is 6.18 Å². The van der Waals surface area contributed by atoms with Gasteiger partial charge in [0.1, 0.15) is 5.82 Å². The SMILES string of the molecule is Cc1ccccc1.Fc1cc(-c2cnco2)ccc1C(F)(F)F. The molecule has 2 aromatic carbocycles. The van der Waals surface area contributed by atoms with Gasteiger partial charge in [0.2, 0.25) is 0 Å². The zero-order chi connectivity index (χ0) is 16.9. The van der Waals surface area contributed by atoms with E-state index in [2.05, 4.69) is 24.0 Å². The van der Waals surface area contributed by atoms with E-state index in [0.717, 1.165) is 18.5 Å². The summed E-state index contributed by atoms with van der Waals surface area (Å²) < 4.78 is 54.7. The molecule has 0 fully saturated rings. The van der Waals surface area contributed by atoms with Gasteiger partial charge in [-0.25, -0.2) is 9.37 Å². The average Bonchev–Trinajstić information content (AvgIpc) is 3.01. The fourth-order valence-electron chi connectivity index (χ4n) is 1.79. The van der Waals surface area contributed by atoms with E-state index in [1.807, 2.05) is 18.2 Å². The van der Waals surface area contributed by atoms with E-state index in [1.54, 1.807) is 0 Å². The van der Waals surface area contributed by atoms with Gasteiger partial charge in [0.15, 0.2) is 12.2 Å². The van der Waals surface area contributed by atoms with Crippen LogP contribution in [0.15, 0.2) is 65.5 Å². The Labute approximate surface area is 130 Å². The van der Waals surface area contributed by atoms with Gasteiger partial charge in [-0.3, -0.25) is 0 Å². The van der Waals surface area contributed by atoms with Crippen molar-refractivity contribution in [1.82, 2.24) is 4.98 Å². The quantitative estimate of drug-likeness (QED) is 0.553. The lowest BCUT2D eigenvalue weighted by atomic mass is 10.1. The van der Waals surface area contributed by atoms with E-state index < -0.39 is 17.6 Å². The van der Waals surface area contributed by atoms with Gasteiger partial charge in [-0.1, -0.05) is 42.0 Å². The van der Waals surface area contributed by atoms with E-state index in [4.69, 9.17) is 4.42 Å². The fourth-order valence-corrected chi connectivity index (χ4v) is 1.79. The van der Waals surface area contributed by atoms with Crippen LogP contribution >= 0.6 is 0 Å². The molecule has 0 N–H and O–H groups in total. The maximum Gasteiger partial charge on any atom is 0.419 e. The van der Waals surface area contributed by atoms with Crippen LogP contribution in [0.2, 0.25) is 0 Å². The lowest BCUT2D eigenvalue weighted by Crippen LogP contribution is -2.07. The third-order valence-electron chi connectivity index (χ3n) is 2.93. The molecule has 0 radical (unpaired) electrons. The monoisotopic (exact) mass is 323 g/mol. The lowest BCUT2D eigenvalue weighted by molar-refractivity contribution is -0.139. The minimum absolute atomic E-state index is 0.211. The molecule has 0 aliphatic rings. The van der Waals surface area contributed by atoms with Gasteiger partial charge in [0.25, 0.3) is 0 Å². The van der Waals surface area contributed by atoms with Gasteiger partial charge >= 0.3 is 6.18 Å². The number of halogens is 4. The molecule has 120 valence electrons. The smallest absolute Gasteiger partial charge is 0.419 e. The van der Waals surface area contributed by atoms with Crippen molar-refractivity contribution >= 4 is 0 Å². The molecule has 0 unspecified atom stereocenters. The molecule has 3 aromatic rings. The topological polar surface area (TPSA) is 26.0 Å². The van der Waals surface area contributed by atoms with Gasteiger partial charge < -0.3 is 4.42 Å². The van der Waals surface area contributed by atoms with Crippen LogP contribution in [-0.4, -0.2) is 4.98 Å². The second-order valence-corrected chi connectivity index (χ2v) is 4.71. The number of aromatic nitrogens is 1. The van der Waals surface area contributed by atoms with Crippen LogP contribution in [0.3, 0.4) is 0 Å². The van der Waals surface area contributed by atoms with Crippen LogP contribution in [0, 0.1) is 12.7 Å². The first kappa shape index (κ1) is 16.7. The van der Waals surface area contributed by atoms with Crippen molar-refractivity contribution in [3.8, 4) is 11.3 Å². The number of hydrogen-bond donors (Lipinski definition) is 0. The largest absolute Gasteiger partial charge is 0.444 e. The minimum atomic E-state index is -4.69. The fraction of sp³-hybridized carbons (Fsp3) is 0.118. The second-order valence-electron chi connectivity index (χ2n) is 4.71. The standard InChI is InChI=1S/C10H5F4NO.C7H8/c11-8-3-6(9-4-15-5-16-9)1-2-7(8)10(12,13)14;1-7-5-3-2-4-6-7/h1-5H;2-6H,1H3. The Morgan fingerprint density at radius 2 is 1.70 bits per heavy atom. The Morgan fingerprint density at radius 1 is 1.00 bits per heavy atom. The van der Waals surface area contributed by atoms with Crippen molar-refractivity contribution in [2.45, 2.75) is 13.1 Å². The number of oxazole rings is 1. The first-order valence-corrected chi connectivity index (χ1v) is 6.65. The number of aryl methyl sites for hydroxylation is 1. The zero-order valence-corrected chi connectivity index (χ0v) is 12.1. The molecule has 0 amide bonds. The Morgan fingerprint density at radius 3 is 2.13 bits per heavy atom. The number of rotatable bonds is 1. The molecule has 1 heterocycles. The third-order valence-corrected chi connectivity index (χ3v) is 2.93. The highest BCUT2D eigenvalue weighted by molar-refractivity contribution is 5.56. The van der Waals surface area contributed by atoms with Crippen LogP contribution < -0.4 is 0 Å². The van der Waals surface area contributed by atoms with E-state index in [1.165, 1.54) is 11.8 Å². The first-order chi connectivity index (χ1) is 10.9. The molecule has 6 heteroatoms. The third kappa shape index (κ3) is 4.67. The first-order valence-electron chi connectivity index (χ1n) is 6.65. The maximum atomic E-state index is 13.2. The maximum absolute atomic E-state index is 13.2. The van der Waals surface area contributed by atoms with E-state index in [-0.39, 0.29) is 11.3 Å². The summed E-state index contributed by atoms with van der Waals surface area (Å²) in [5.41, 5.74) is 0.237. The molecular formula is C17H13F4NO. The Hall–Kier alpha value is -2.63. The molecule has 0 bridgehead atoms. The molecule has 0 saturated heterocycles. The van der Waals surface area contributed by atoms with E-state index in [0.29, 0.717) is 6.07 Å². The van der Waals surface area contributed by atoms with Crippen LogP contribution in [0.5, 0.6) is 0 Å². The summed E-state index contributed by atoms with van der Waals surface area (Å²) in [6.45, 7) is 2.08. The summed E-state index contributed by atoms with van der Waals surface area (Å²) in [5, 5.41) is 0. The average molecular weight is 323 g/mol. The highest BCUT2D eigenvalue weighted by atomic mass is 19.4. The predicted octanol–water partition coefficient (Wildman–Crippen LogP) is 5.49. The van der Waals surface area contributed by atoms with E-state index in [9.17, 15) is 17.6 Å². The highest BCUT2D eigenvalue weighted by Gasteiger charge is 2.34. The van der Waals surface area contributed by atoms with E-state index >= 15 is 0 Å². The summed E-state index contributed by atoms with van der Waals surface area (Å²) in [4.78, 5) is 3.59. The van der Waals surface area contributed by atoms with Crippen LogP contribution in [0.4, 0.5) is 17.6 Å². The molecular weight excluding hydrogens is 310 g/mol. The lowest BCUT2D eigenvalue weighted by Gasteiger charge is -2.08. The molecule has 0 atom stereocenters. The molecule has 0 aliphatic carbocycles. The Bertz CT molecular complexity index is 737. The van der Waals surface area contributed by atoms with Gasteiger partial charge in [-0.15, -0.1) is 0 Å². The molecule has 0 aliphatic heterocycles. The van der Waals surface area contributed by atoms with Crippen molar-refractivity contribution in [2.24, 2.45) is 0 Å². The molecule has 2 nitrogen and oxygen atoms in total. The summed E-state index contributed by atoms with van der Waals surface area (Å²) in [6, 6.07) is 12.8. The summed E-state index contributed by atoms with van der Waals surface area (Å²) in [6.07, 6.45) is -2.28. The predicted molar refractivity (Wildman–Crippen MR) is 78.1 cm³/mol. The van der Waals surface area contributed by atoms with Gasteiger partial charge in [-0.2, -0.15) is 13.2 Å². The number of nitrogens with zero attached hydrogens (tertiary/aromatic N) is 1.